The first kappa shape index (κ1) is 13.2. The first-order valence-corrected chi connectivity index (χ1v) is 6.14. The quantitative estimate of drug-likeness (QED) is 0.689. The van der Waals surface area contributed by atoms with E-state index in [1.165, 1.54) is 0 Å². The van der Waals surface area contributed by atoms with E-state index in [1.807, 2.05) is 0 Å². The molecule has 1 unspecified atom stereocenters. The van der Waals surface area contributed by atoms with Crippen molar-refractivity contribution in [3.05, 3.63) is 0 Å². The standard InChI is InChI=1S/C12H22N2O2/c1-10(15)6-2-4-8-14-9-5-3-7-11(14)12(13)16/h11H,2-9H2,1H3,(H2,13,16). The molecule has 1 saturated heterocycles. The lowest BCUT2D eigenvalue weighted by Gasteiger charge is -2.33. The van der Waals surface area contributed by atoms with Crippen LogP contribution in [0, 0.1) is 0 Å². The lowest BCUT2D eigenvalue weighted by molar-refractivity contribution is -0.124. The molecule has 0 aromatic carbocycles. The summed E-state index contributed by atoms with van der Waals surface area (Å²) in [6, 6.07) is -0.0777. The summed E-state index contributed by atoms with van der Waals surface area (Å²) in [5.74, 6) is 0.0383. The summed E-state index contributed by atoms with van der Waals surface area (Å²) in [6.07, 6.45) is 5.67. The van der Waals surface area contributed by atoms with Crippen molar-refractivity contribution >= 4 is 11.7 Å². The zero-order valence-electron chi connectivity index (χ0n) is 10.1. The molecule has 1 atom stereocenters. The minimum Gasteiger partial charge on any atom is -0.368 e. The maximum atomic E-state index is 11.2. The van der Waals surface area contributed by atoms with Gasteiger partial charge in [0.2, 0.25) is 5.91 Å². The van der Waals surface area contributed by atoms with E-state index in [0.717, 1.165) is 45.2 Å². The van der Waals surface area contributed by atoms with E-state index in [4.69, 9.17) is 5.73 Å². The molecular weight excluding hydrogens is 204 g/mol. The molecule has 0 radical (unpaired) electrons. The second-order valence-electron chi connectivity index (χ2n) is 4.61. The monoisotopic (exact) mass is 226 g/mol. The Morgan fingerprint density at radius 2 is 2.06 bits per heavy atom. The van der Waals surface area contributed by atoms with Crippen LogP contribution < -0.4 is 5.73 Å². The van der Waals surface area contributed by atoms with Gasteiger partial charge in [0.15, 0.2) is 0 Å². The fraction of sp³-hybridized carbons (Fsp3) is 0.833. The van der Waals surface area contributed by atoms with Crippen molar-refractivity contribution < 1.29 is 9.59 Å². The largest absolute Gasteiger partial charge is 0.368 e. The molecule has 1 amide bonds. The molecule has 4 heteroatoms. The van der Waals surface area contributed by atoms with Gasteiger partial charge >= 0.3 is 0 Å². The van der Waals surface area contributed by atoms with Crippen LogP contribution in [-0.4, -0.2) is 35.7 Å². The Balaban J connectivity index is 2.27. The Hall–Kier alpha value is -0.900. The van der Waals surface area contributed by atoms with Crippen molar-refractivity contribution in [3.63, 3.8) is 0 Å². The SMILES string of the molecule is CC(=O)CCCCN1CCCCC1C(N)=O. The molecule has 0 saturated carbocycles. The van der Waals surface area contributed by atoms with Gasteiger partial charge in [-0.1, -0.05) is 6.42 Å². The number of hydrogen-bond donors (Lipinski definition) is 1. The Morgan fingerprint density at radius 3 is 2.69 bits per heavy atom. The van der Waals surface area contributed by atoms with Gasteiger partial charge in [0.25, 0.3) is 0 Å². The lowest BCUT2D eigenvalue weighted by atomic mass is 10.0. The number of hydrogen-bond acceptors (Lipinski definition) is 3. The van der Waals surface area contributed by atoms with Gasteiger partial charge in [-0.2, -0.15) is 0 Å². The third-order valence-corrected chi connectivity index (χ3v) is 3.17. The highest BCUT2D eigenvalue weighted by atomic mass is 16.1. The van der Waals surface area contributed by atoms with Gasteiger partial charge in [-0.15, -0.1) is 0 Å². The third kappa shape index (κ3) is 4.31. The molecular formula is C12H22N2O2. The zero-order chi connectivity index (χ0) is 12.0. The van der Waals surface area contributed by atoms with Crippen LogP contribution in [0.2, 0.25) is 0 Å². The number of rotatable bonds is 6. The van der Waals surface area contributed by atoms with Crippen molar-refractivity contribution in [2.75, 3.05) is 13.1 Å². The van der Waals surface area contributed by atoms with E-state index in [1.54, 1.807) is 6.92 Å². The summed E-state index contributed by atoms with van der Waals surface area (Å²) >= 11 is 0. The predicted molar refractivity (Wildman–Crippen MR) is 62.9 cm³/mol. The molecule has 16 heavy (non-hydrogen) atoms. The van der Waals surface area contributed by atoms with E-state index >= 15 is 0 Å². The van der Waals surface area contributed by atoms with Gasteiger partial charge in [-0.05, 0) is 45.7 Å². The van der Waals surface area contributed by atoms with E-state index < -0.39 is 0 Å². The van der Waals surface area contributed by atoms with E-state index in [2.05, 4.69) is 4.90 Å². The fourth-order valence-electron chi connectivity index (χ4n) is 2.27. The average molecular weight is 226 g/mol. The molecule has 1 aliphatic rings. The summed E-state index contributed by atoms with van der Waals surface area (Å²) in [5, 5.41) is 0. The number of ketones is 1. The van der Waals surface area contributed by atoms with E-state index in [-0.39, 0.29) is 17.7 Å². The highest BCUT2D eigenvalue weighted by Crippen LogP contribution is 2.17. The highest BCUT2D eigenvalue weighted by Gasteiger charge is 2.25. The second-order valence-corrected chi connectivity index (χ2v) is 4.61. The summed E-state index contributed by atoms with van der Waals surface area (Å²) < 4.78 is 0. The van der Waals surface area contributed by atoms with Gasteiger partial charge < -0.3 is 10.5 Å². The van der Waals surface area contributed by atoms with Crippen LogP contribution >= 0.6 is 0 Å². The summed E-state index contributed by atoms with van der Waals surface area (Å²) in [5.41, 5.74) is 5.38. The summed E-state index contributed by atoms with van der Waals surface area (Å²) in [4.78, 5) is 24.2. The second kappa shape index (κ2) is 6.63. The Morgan fingerprint density at radius 1 is 1.31 bits per heavy atom. The third-order valence-electron chi connectivity index (χ3n) is 3.17. The lowest BCUT2D eigenvalue weighted by Crippen LogP contribution is -2.47. The Bertz CT molecular complexity index is 253. The maximum Gasteiger partial charge on any atom is 0.234 e. The highest BCUT2D eigenvalue weighted by molar-refractivity contribution is 5.79. The van der Waals surface area contributed by atoms with Crippen molar-refractivity contribution in [1.82, 2.24) is 4.90 Å². The molecule has 0 aromatic rings. The molecule has 1 aliphatic heterocycles. The smallest absolute Gasteiger partial charge is 0.234 e. The molecule has 1 fully saturated rings. The molecule has 1 heterocycles. The number of likely N-dealkylation sites (tertiary alicyclic amines) is 1. The molecule has 0 spiro atoms. The van der Waals surface area contributed by atoms with Crippen LogP contribution in [0.15, 0.2) is 0 Å². The fourth-order valence-corrected chi connectivity index (χ4v) is 2.27. The average Bonchev–Trinajstić information content (AvgIpc) is 2.24. The number of unbranched alkanes of at least 4 members (excludes halogenated alkanes) is 1. The van der Waals surface area contributed by atoms with Gasteiger partial charge in [0, 0.05) is 6.42 Å². The van der Waals surface area contributed by atoms with Gasteiger partial charge in [-0.3, -0.25) is 9.69 Å². The Kier molecular flexibility index (Phi) is 5.46. The van der Waals surface area contributed by atoms with Crippen LogP contribution in [-0.2, 0) is 9.59 Å². The molecule has 4 nitrogen and oxygen atoms in total. The summed E-state index contributed by atoms with van der Waals surface area (Å²) in [6.45, 7) is 3.47. The minimum absolute atomic E-state index is 0.0777. The van der Waals surface area contributed by atoms with Crippen LogP contribution in [0.5, 0.6) is 0 Å². The van der Waals surface area contributed by atoms with Crippen molar-refractivity contribution in [3.8, 4) is 0 Å². The number of piperidine rings is 1. The summed E-state index contributed by atoms with van der Waals surface area (Å²) in [7, 11) is 0. The minimum atomic E-state index is -0.203. The zero-order valence-corrected chi connectivity index (χ0v) is 10.1. The van der Waals surface area contributed by atoms with Crippen LogP contribution in [0.25, 0.3) is 0 Å². The number of carbonyl (C=O) groups excluding carboxylic acids is 2. The molecule has 2 N–H and O–H groups in total. The van der Waals surface area contributed by atoms with Crippen LogP contribution in [0.3, 0.4) is 0 Å². The maximum absolute atomic E-state index is 11.2. The van der Waals surface area contributed by atoms with Crippen molar-refractivity contribution in [1.29, 1.82) is 0 Å². The van der Waals surface area contributed by atoms with Gasteiger partial charge in [0.05, 0.1) is 6.04 Å². The van der Waals surface area contributed by atoms with E-state index in [0.29, 0.717) is 6.42 Å². The normalized spacial score (nSPS) is 21.9. The first-order chi connectivity index (χ1) is 7.61. The number of primary amides is 1. The molecule has 0 aliphatic carbocycles. The number of nitrogens with two attached hydrogens (primary N) is 1. The van der Waals surface area contributed by atoms with E-state index in [9.17, 15) is 9.59 Å². The molecule has 0 bridgehead atoms. The van der Waals surface area contributed by atoms with Crippen LogP contribution in [0.1, 0.15) is 45.4 Å². The van der Waals surface area contributed by atoms with Crippen molar-refractivity contribution in [2.24, 2.45) is 5.73 Å². The number of amides is 1. The van der Waals surface area contributed by atoms with Gasteiger partial charge in [0.1, 0.15) is 5.78 Å². The number of Topliss-reactive ketones (excluding diaryl/α,β-unsaturated/α-hetero) is 1. The van der Waals surface area contributed by atoms with Crippen LogP contribution in [0.4, 0.5) is 0 Å². The topological polar surface area (TPSA) is 63.4 Å². The molecule has 0 aromatic heterocycles. The van der Waals surface area contributed by atoms with Crippen molar-refractivity contribution in [2.45, 2.75) is 51.5 Å². The molecule has 92 valence electrons. The number of nitrogens with zero attached hydrogens (tertiary/aromatic N) is 1. The Labute approximate surface area is 97.2 Å². The first-order valence-electron chi connectivity index (χ1n) is 6.14. The number of carbonyl (C=O) groups is 2. The van der Waals surface area contributed by atoms with Gasteiger partial charge in [-0.25, -0.2) is 0 Å². The predicted octanol–water partition coefficient (Wildman–Crippen LogP) is 1.09. The molecule has 1 rings (SSSR count).